The largest absolute Gasteiger partial charge is 0.573 e. The molecule has 1 aliphatic heterocycles. The van der Waals surface area contributed by atoms with Crippen molar-refractivity contribution >= 4 is 10.0 Å². The van der Waals surface area contributed by atoms with Crippen LogP contribution in [0.2, 0.25) is 0 Å². The highest BCUT2D eigenvalue weighted by atomic mass is 32.2. The fourth-order valence-electron chi connectivity index (χ4n) is 3.36. The van der Waals surface area contributed by atoms with Gasteiger partial charge in [0.15, 0.2) is 0 Å². The molecule has 0 amide bonds. The van der Waals surface area contributed by atoms with E-state index in [0.29, 0.717) is 17.7 Å². The minimum atomic E-state index is -4.76. The molecule has 1 N–H and O–H groups in total. The highest BCUT2D eigenvalue weighted by molar-refractivity contribution is 7.89. The molecule has 180 valence electrons. The molecule has 0 aromatic heterocycles. The first-order valence-electron chi connectivity index (χ1n) is 10.7. The molecule has 3 rings (SSSR count). The van der Waals surface area contributed by atoms with E-state index in [4.69, 9.17) is 4.84 Å². The molecule has 0 aliphatic carbocycles. The third-order valence-corrected chi connectivity index (χ3v) is 7.01. The predicted molar refractivity (Wildman–Crippen MR) is 118 cm³/mol. The van der Waals surface area contributed by atoms with Gasteiger partial charge in [-0.25, -0.2) is 8.42 Å². The van der Waals surface area contributed by atoms with Gasteiger partial charge in [0.1, 0.15) is 5.75 Å². The predicted octanol–water partition coefficient (Wildman–Crippen LogP) is 4.93. The third-order valence-electron chi connectivity index (χ3n) is 5.13. The zero-order valence-corrected chi connectivity index (χ0v) is 19.1. The lowest BCUT2D eigenvalue weighted by Crippen LogP contribution is -2.36. The Hall–Kier alpha value is -2.56. The molecule has 0 atom stereocenters. The summed E-state index contributed by atoms with van der Waals surface area (Å²) in [6, 6.07) is 12.5. The minimum Gasteiger partial charge on any atom is -0.406 e. The summed E-state index contributed by atoms with van der Waals surface area (Å²) < 4.78 is 68.1. The first kappa shape index (κ1) is 25.1. The summed E-state index contributed by atoms with van der Waals surface area (Å²) in [5.74, 6) is -0.320. The molecule has 0 spiro atoms. The van der Waals surface area contributed by atoms with Crippen LogP contribution in [0.25, 0.3) is 0 Å². The van der Waals surface area contributed by atoms with Crippen molar-refractivity contribution in [3.05, 3.63) is 71.4 Å². The fourth-order valence-corrected chi connectivity index (χ4v) is 4.74. The highest BCUT2D eigenvalue weighted by Crippen LogP contribution is 2.24. The van der Waals surface area contributed by atoms with Gasteiger partial charge in [-0.2, -0.15) is 4.31 Å². The number of rotatable bonds is 10. The molecule has 1 aliphatic rings. The van der Waals surface area contributed by atoms with Crippen LogP contribution in [0.15, 0.2) is 65.2 Å². The van der Waals surface area contributed by atoms with Gasteiger partial charge in [0.05, 0.1) is 11.5 Å². The van der Waals surface area contributed by atoms with Crippen LogP contribution < -0.4 is 10.2 Å². The van der Waals surface area contributed by atoms with E-state index in [-0.39, 0.29) is 30.3 Å². The van der Waals surface area contributed by atoms with Crippen molar-refractivity contribution in [2.45, 2.75) is 50.5 Å². The summed E-state index contributed by atoms with van der Waals surface area (Å²) in [5.41, 5.74) is 5.07. The van der Waals surface area contributed by atoms with Gasteiger partial charge < -0.3 is 4.74 Å². The third kappa shape index (κ3) is 7.48. The number of benzene rings is 2. The zero-order chi connectivity index (χ0) is 23.9. The van der Waals surface area contributed by atoms with E-state index < -0.39 is 16.4 Å². The van der Waals surface area contributed by atoms with Crippen molar-refractivity contribution in [3.63, 3.8) is 0 Å². The Labute approximate surface area is 192 Å². The Kier molecular flexibility index (Phi) is 8.39. The van der Waals surface area contributed by atoms with Crippen molar-refractivity contribution in [1.82, 2.24) is 9.79 Å². The summed E-state index contributed by atoms with van der Waals surface area (Å²) in [7, 11) is -3.59. The number of hydrogen-bond donors (Lipinski definition) is 1. The van der Waals surface area contributed by atoms with Crippen molar-refractivity contribution in [1.29, 1.82) is 0 Å². The van der Waals surface area contributed by atoms with Gasteiger partial charge in [-0.05, 0) is 54.3 Å². The van der Waals surface area contributed by atoms with Crippen LogP contribution in [0.3, 0.4) is 0 Å². The van der Waals surface area contributed by atoms with E-state index in [1.165, 1.54) is 22.5 Å². The Morgan fingerprint density at radius 3 is 2.48 bits per heavy atom. The quantitative estimate of drug-likeness (QED) is 0.485. The number of aryl methyl sites for hydroxylation is 1. The van der Waals surface area contributed by atoms with E-state index in [2.05, 4.69) is 17.1 Å². The second-order valence-electron chi connectivity index (χ2n) is 7.68. The Balaban J connectivity index is 1.51. The number of hydrogen-bond acceptors (Lipinski definition) is 5. The number of hydroxylamine groups is 1. The summed E-state index contributed by atoms with van der Waals surface area (Å²) >= 11 is 0. The van der Waals surface area contributed by atoms with Crippen molar-refractivity contribution in [2.75, 3.05) is 13.1 Å². The van der Waals surface area contributed by atoms with Crippen molar-refractivity contribution in [2.24, 2.45) is 0 Å². The summed E-state index contributed by atoms with van der Waals surface area (Å²) in [6.45, 7) is 2.61. The van der Waals surface area contributed by atoms with Crippen LogP contribution in [0.1, 0.15) is 37.3 Å². The number of ether oxygens (including phenoxy) is 1. The highest BCUT2D eigenvalue weighted by Gasteiger charge is 2.31. The van der Waals surface area contributed by atoms with Crippen LogP contribution in [0, 0.1) is 0 Å². The number of sulfonamides is 1. The van der Waals surface area contributed by atoms with Gasteiger partial charge in [-0.3, -0.25) is 10.3 Å². The Morgan fingerprint density at radius 2 is 1.85 bits per heavy atom. The standard InChI is InChI=1S/C23H27F3N2O4S/c1-2-3-5-18-8-10-22(11-9-18)33(29,30)28-14-12-20(13-15-28)27-31-17-19-6-4-7-21(16-19)32-23(24,25)26/h4,6-12,16,27H,2-3,5,13-15,17H2,1H3. The Bertz CT molecular complexity index is 1050. The minimum absolute atomic E-state index is 0.0127. The van der Waals surface area contributed by atoms with Crippen LogP contribution in [-0.4, -0.2) is 32.2 Å². The topological polar surface area (TPSA) is 67.9 Å². The number of nitrogens with one attached hydrogen (secondary N) is 1. The molecule has 0 fully saturated rings. The summed E-state index contributed by atoms with van der Waals surface area (Å²) in [4.78, 5) is 5.64. The van der Waals surface area contributed by atoms with E-state index in [1.54, 1.807) is 24.3 Å². The number of unbranched alkanes of at least 4 members (excludes halogenated alkanes) is 1. The molecule has 10 heteroatoms. The van der Waals surface area contributed by atoms with E-state index in [1.807, 2.05) is 12.1 Å². The molecular formula is C23H27F3N2O4S. The normalized spacial score (nSPS) is 15.2. The van der Waals surface area contributed by atoms with Gasteiger partial charge in [-0.15, -0.1) is 13.2 Å². The molecule has 1 heterocycles. The van der Waals surface area contributed by atoms with Crippen molar-refractivity contribution < 1.29 is 31.2 Å². The maximum absolute atomic E-state index is 12.9. The maximum Gasteiger partial charge on any atom is 0.573 e. The molecular weight excluding hydrogens is 457 g/mol. The smallest absolute Gasteiger partial charge is 0.406 e. The maximum atomic E-state index is 12.9. The first-order chi connectivity index (χ1) is 15.7. The average molecular weight is 485 g/mol. The van der Waals surface area contributed by atoms with Crippen LogP contribution in [-0.2, 0) is 27.9 Å². The molecule has 0 saturated heterocycles. The summed E-state index contributed by atoms with van der Waals surface area (Å²) in [6.07, 6.45) is 0.462. The first-order valence-corrected chi connectivity index (χ1v) is 12.1. The van der Waals surface area contributed by atoms with E-state index in [0.717, 1.165) is 24.8 Å². The molecule has 33 heavy (non-hydrogen) atoms. The molecule has 0 bridgehead atoms. The van der Waals surface area contributed by atoms with Crippen LogP contribution in [0.4, 0.5) is 13.2 Å². The zero-order valence-electron chi connectivity index (χ0n) is 18.3. The second kappa shape index (κ2) is 11.0. The average Bonchev–Trinajstić information content (AvgIpc) is 2.77. The van der Waals surface area contributed by atoms with E-state index >= 15 is 0 Å². The molecule has 0 radical (unpaired) electrons. The number of halogens is 3. The Morgan fingerprint density at radius 1 is 1.09 bits per heavy atom. The number of nitrogens with zero attached hydrogens (tertiary/aromatic N) is 1. The fraction of sp³-hybridized carbons (Fsp3) is 0.391. The van der Waals surface area contributed by atoms with Gasteiger partial charge in [0, 0.05) is 25.2 Å². The lowest BCUT2D eigenvalue weighted by molar-refractivity contribution is -0.274. The molecule has 0 unspecified atom stereocenters. The SMILES string of the molecule is CCCCc1ccc(S(=O)(=O)N2CC=C(NOCc3cccc(OC(F)(F)F)c3)CC2)cc1. The number of alkyl halides is 3. The van der Waals surface area contributed by atoms with E-state index in [9.17, 15) is 21.6 Å². The summed E-state index contributed by atoms with van der Waals surface area (Å²) in [5, 5.41) is 0. The molecule has 6 nitrogen and oxygen atoms in total. The van der Waals surface area contributed by atoms with Gasteiger partial charge in [0.2, 0.25) is 10.0 Å². The second-order valence-corrected chi connectivity index (χ2v) is 9.61. The molecule has 2 aromatic rings. The molecule has 2 aromatic carbocycles. The van der Waals surface area contributed by atoms with Gasteiger partial charge >= 0.3 is 6.36 Å². The monoisotopic (exact) mass is 484 g/mol. The van der Waals surface area contributed by atoms with Crippen LogP contribution >= 0.6 is 0 Å². The van der Waals surface area contributed by atoms with Crippen LogP contribution in [0.5, 0.6) is 5.75 Å². The molecule has 0 saturated carbocycles. The lowest BCUT2D eigenvalue weighted by Gasteiger charge is -2.26. The van der Waals surface area contributed by atoms with Gasteiger partial charge in [-0.1, -0.05) is 37.6 Å². The van der Waals surface area contributed by atoms with Crippen molar-refractivity contribution in [3.8, 4) is 5.75 Å². The van der Waals surface area contributed by atoms with Gasteiger partial charge in [0.25, 0.3) is 0 Å². The lowest BCUT2D eigenvalue weighted by atomic mass is 10.1.